The number of tetrazole rings is 1. The van der Waals surface area contributed by atoms with Gasteiger partial charge in [-0.15, -0.1) is 5.10 Å². The molecule has 3 aromatic rings. The molecule has 2 aromatic carbocycles. The highest BCUT2D eigenvalue weighted by Crippen LogP contribution is 2.27. The first-order valence-corrected chi connectivity index (χ1v) is 12.1. The number of anilines is 1. The van der Waals surface area contributed by atoms with E-state index in [1.807, 2.05) is 0 Å². The van der Waals surface area contributed by atoms with Crippen molar-refractivity contribution in [3.05, 3.63) is 53.9 Å². The van der Waals surface area contributed by atoms with Crippen LogP contribution in [0.15, 0.2) is 47.4 Å². The number of carbonyl (C=O) groups excluding carboxylic acids is 1. The minimum atomic E-state index is -3.56. The fourth-order valence-corrected chi connectivity index (χ4v) is 5.21. The summed E-state index contributed by atoms with van der Waals surface area (Å²) < 4.78 is 34.2. The number of aryl methyl sites for hydroxylation is 1. The minimum Gasteiger partial charge on any atom is -0.494 e. The van der Waals surface area contributed by atoms with Gasteiger partial charge >= 0.3 is 0 Å². The fraction of sp³-hybridized carbons (Fsp3) is 0.364. The lowest BCUT2D eigenvalue weighted by Crippen LogP contribution is -2.37. The van der Waals surface area contributed by atoms with Gasteiger partial charge in [-0.25, -0.2) is 8.42 Å². The summed E-state index contributed by atoms with van der Waals surface area (Å²) in [5.41, 5.74) is 1.44. The maximum absolute atomic E-state index is 12.9. The SMILES string of the molecule is COc1ccc(NC(=O)c2ccc(S(=O)(=O)N3CCC(C)CC3)cc2)cc1-n1nnnc1C. The lowest BCUT2D eigenvalue weighted by atomic mass is 10.0. The third-order valence-corrected chi connectivity index (χ3v) is 7.70. The summed E-state index contributed by atoms with van der Waals surface area (Å²) in [5.74, 6) is 1.28. The molecule has 0 atom stereocenters. The zero-order valence-corrected chi connectivity index (χ0v) is 19.5. The molecule has 1 amide bonds. The van der Waals surface area contributed by atoms with Gasteiger partial charge in [0, 0.05) is 24.3 Å². The molecular weight excluding hydrogens is 444 g/mol. The van der Waals surface area contributed by atoms with Crippen molar-refractivity contribution in [1.82, 2.24) is 24.5 Å². The number of nitrogens with one attached hydrogen (secondary N) is 1. The summed E-state index contributed by atoms with van der Waals surface area (Å²) >= 11 is 0. The van der Waals surface area contributed by atoms with E-state index in [4.69, 9.17) is 4.74 Å². The van der Waals surface area contributed by atoms with Gasteiger partial charge in [0.1, 0.15) is 11.4 Å². The molecule has 0 bridgehead atoms. The van der Waals surface area contributed by atoms with Crippen molar-refractivity contribution in [1.29, 1.82) is 0 Å². The van der Waals surface area contributed by atoms with Crippen LogP contribution in [0.4, 0.5) is 5.69 Å². The maximum Gasteiger partial charge on any atom is 0.255 e. The summed E-state index contributed by atoms with van der Waals surface area (Å²) in [6.07, 6.45) is 1.71. The molecule has 1 N–H and O–H groups in total. The maximum atomic E-state index is 12.9. The standard InChI is InChI=1S/C22H26N6O4S/c1-15-10-12-27(13-11-15)33(30,31)19-7-4-17(5-8-19)22(29)23-18-6-9-21(32-3)20(14-18)28-16(2)24-25-26-28/h4-9,14-15H,10-13H2,1-3H3,(H,23,29). The average Bonchev–Trinajstić information content (AvgIpc) is 3.25. The summed E-state index contributed by atoms with van der Waals surface area (Å²) in [5, 5.41) is 14.3. The van der Waals surface area contributed by atoms with E-state index < -0.39 is 10.0 Å². The van der Waals surface area contributed by atoms with Crippen LogP contribution in [0.2, 0.25) is 0 Å². The first kappa shape index (κ1) is 22.9. The van der Waals surface area contributed by atoms with Crippen LogP contribution >= 0.6 is 0 Å². The van der Waals surface area contributed by atoms with Gasteiger partial charge < -0.3 is 10.1 Å². The van der Waals surface area contributed by atoms with Gasteiger partial charge in [0.25, 0.3) is 5.91 Å². The highest BCUT2D eigenvalue weighted by atomic mass is 32.2. The largest absolute Gasteiger partial charge is 0.494 e. The third kappa shape index (κ3) is 4.74. The van der Waals surface area contributed by atoms with E-state index in [9.17, 15) is 13.2 Å². The van der Waals surface area contributed by atoms with Gasteiger partial charge in [-0.1, -0.05) is 6.92 Å². The highest BCUT2D eigenvalue weighted by molar-refractivity contribution is 7.89. The second-order valence-corrected chi connectivity index (χ2v) is 10.0. The molecule has 10 nitrogen and oxygen atoms in total. The van der Waals surface area contributed by atoms with Crippen LogP contribution in [0.5, 0.6) is 5.75 Å². The van der Waals surface area contributed by atoms with Crippen molar-refractivity contribution >= 4 is 21.6 Å². The molecule has 0 radical (unpaired) electrons. The lowest BCUT2D eigenvalue weighted by molar-refractivity contribution is 0.102. The number of carbonyl (C=O) groups is 1. The molecule has 0 aliphatic carbocycles. The average molecular weight is 471 g/mol. The number of rotatable bonds is 6. The second kappa shape index (κ2) is 9.28. The van der Waals surface area contributed by atoms with Crippen LogP contribution in [-0.4, -0.2) is 59.0 Å². The Kier molecular flexibility index (Phi) is 6.43. The molecule has 1 saturated heterocycles. The summed E-state index contributed by atoms with van der Waals surface area (Å²) in [7, 11) is -2.02. The molecule has 0 saturated carbocycles. The number of methoxy groups -OCH3 is 1. The van der Waals surface area contributed by atoms with Crippen LogP contribution in [-0.2, 0) is 10.0 Å². The minimum absolute atomic E-state index is 0.189. The summed E-state index contributed by atoms with van der Waals surface area (Å²) in [4.78, 5) is 13.0. The molecule has 4 rings (SSSR count). The Balaban J connectivity index is 1.51. The monoisotopic (exact) mass is 470 g/mol. The Labute approximate surface area is 192 Å². The number of amides is 1. The number of ether oxygens (including phenoxy) is 1. The van der Waals surface area contributed by atoms with Gasteiger partial charge in [-0.3, -0.25) is 4.79 Å². The van der Waals surface area contributed by atoms with E-state index in [-0.39, 0.29) is 10.8 Å². The van der Waals surface area contributed by atoms with E-state index in [1.54, 1.807) is 25.1 Å². The number of aromatic nitrogens is 4. The van der Waals surface area contributed by atoms with E-state index >= 15 is 0 Å². The lowest BCUT2D eigenvalue weighted by Gasteiger charge is -2.29. The number of piperidine rings is 1. The van der Waals surface area contributed by atoms with Crippen molar-refractivity contribution in [3.63, 3.8) is 0 Å². The van der Waals surface area contributed by atoms with E-state index in [0.717, 1.165) is 12.8 Å². The zero-order valence-electron chi connectivity index (χ0n) is 18.7. The van der Waals surface area contributed by atoms with Gasteiger partial charge in [-0.05, 0) is 78.6 Å². The van der Waals surface area contributed by atoms with Crippen molar-refractivity contribution in [2.24, 2.45) is 5.92 Å². The predicted molar refractivity (Wildman–Crippen MR) is 122 cm³/mol. The van der Waals surface area contributed by atoms with Crippen LogP contribution in [0, 0.1) is 12.8 Å². The second-order valence-electron chi connectivity index (χ2n) is 8.09. The molecule has 1 fully saturated rings. The zero-order chi connectivity index (χ0) is 23.6. The van der Waals surface area contributed by atoms with Crippen LogP contribution in [0.3, 0.4) is 0 Å². The molecule has 11 heteroatoms. The molecule has 174 valence electrons. The number of hydrogen-bond donors (Lipinski definition) is 1. The van der Waals surface area contributed by atoms with E-state index in [2.05, 4.69) is 27.8 Å². The van der Waals surface area contributed by atoms with Crippen molar-refractivity contribution in [2.45, 2.75) is 31.6 Å². The molecule has 33 heavy (non-hydrogen) atoms. The molecule has 2 heterocycles. The molecule has 1 aliphatic heterocycles. The quantitative estimate of drug-likeness (QED) is 0.588. The van der Waals surface area contributed by atoms with Gasteiger partial charge in [0.05, 0.1) is 12.0 Å². The number of nitrogens with zero attached hydrogens (tertiary/aromatic N) is 5. The van der Waals surface area contributed by atoms with Crippen molar-refractivity contribution < 1.29 is 17.9 Å². The van der Waals surface area contributed by atoms with Crippen molar-refractivity contribution in [3.8, 4) is 11.4 Å². The third-order valence-electron chi connectivity index (χ3n) is 5.79. The summed E-state index contributed by atoms with van der Waals surface area (Å²) in [6.45, 7) is 4.93. The van der Waals surface area contributed by atoms with Crippen LogP contribution in [0.1, 0.15) is 35.9 Å². The number of benzene rings is 2. The Morgan fingerprint density at radius 2 is 1.82 bits per heavy atom. The molecule has 1 aliphatic rings. The van der Waals surface area contributed by atoms with E-state index in [1.165, 1.54) is 40.4 Å². The van der Waals surface area contributed by atoms with Gasteiger partial charge in [-0.2, -0.15) is 8.99 Å². The van der Waals surface area contributed by atoms with Crippen LogP contribution < -0.4 is 10.1 Å². The molecule has 0 unspecified atom stereocenters. The molecular formula is C22H26N6O4S. The Morgan fingerprint density at radius 1 is 1.12 bits per heavy atom. The smallest absolute Gasteiger partial charge is 0.255 e. The van der Waals surface area contributed by atoms with E-state index in [0.29, 0.717) is 47.5 Å². The van der Waals surface area contributed by atoms with Gasteiger partial charge in [0.15, 0.2) is 5.82 Å². The fourth-order valence-electron chi connectivity index (χ4n) is 3.74. The highest BCUT2D eigenvalue weighted by Gasteiger charge is 2.28. The first-order chi connectivity index (χ1) is 15.8. The van der Waals surface area contributed by atoms with Gasteiger partial charge in [0.2, 0.25) is 10.0 Å². The Hall–Kier alpha value is -3.31. The summed E-state index contributed by atoms with van der Waals surface area (Å²) in [6, 6.07) is 11.1. The Morgan fingerprint density at radius 3 is 2.42 bits per heavy atom. The topological polar surface area (TPSA) is 119 Å². The molecule has 0 spiro atoms. The first-order valence-electron chi connectivity index (χ1n) is 10.6. The number of sulfonamides is 1. The predicted octanol–water partition coefficient (Wildman–Crippen LogP) is 2.65. The number of hydrogen-bond acceptors (Lipinski definition) is 7. The normalized spacial score (nSPS) is 15.4. The van der Waals surface area contributed by atoms with Crippen LogP contribution in [0.25, 0.3) is 5.69 Å². The van der Waals surface area contributed by atoms with Crippen molar-refractivity contribution in [2.75, 3.05) is 25.5 Å². The Bertz CT molecular complexity index is 1250. The molecule has 1 aromatic heterocycles.